The quantitative estimate of drug-likeness (QED) is 0.841. The lowest BCUT2D eigenvalue weighted by Gasteiger charge is -2.19. The molecule has 17 heavy (non-hydrogen) atoms. The highest BCUT2D eigenvalue weighted by Crippen LogP contribution is 2.21. The molecule has 0 saturated heterocycles. The molecule has 4 heteroatoms. The summed E-state index contributed by atoms with van der Waals surface area (Å²) in [5, 5.41) is 0. The van der Waals surface area contributed by atoms with Crippen LogP contribution in [0.25, 0.3) is 0 Å². The fraction of sp³-hybridized carbons (Fsp3) is 0.0769. The van der Waals surface area contributed by atoms with Crippen LogP contribution in [0, 0.1) is 0 Å². The Balaban J connectivity index is 2.26. The van der Waals surface area contributed by atoms with Crippen molar-refractivity contribution in [1.29, 1.82) is 0 Å². The number of nitrogens with zero attached hydrogens (tertiary/aromatic N) is 2. The smallest absolute Gasteiger partial charge is 0.122 e. The summed E-state index contributed by atoms with van der Waals surface area (Å²) in [7, 11) is 1.99. The van der Waals surface area contributed by atoms with E-state index in [0.29, 0.717) is 10.7 Å². The molecule has 0 spiro atoms. The van der Waals surface area contributed by atoms with Crippen molar-refractivity contribution in [3.8, 4) is 0 Å². The van der Waals surface area contributed by atoms with Gasteiger partial charge in [0.25, 0.3) is 0 Å². The number of anilines is 2. The molecule has 2 N–H and O–H groups in total. The van der Waals surface area contributed by atoms with Crippen LogP contribution in [0.5, 0.6) is 0 Å². The molecule has 1 aromatic carbocycles. The van der Waals surface area contributed by atoms with Crippen LogP contribution in [0.15, 0.2) is 48.7 Å². The molecule has 0 radical (unpaired) electrons. The second kappa shape index (κ2) is 4.93. The zero-order valence-electron chi connectivity index (χ0n) is 9.50. The van der Waals surface area contributed by atoms with Gasteiger partial charge in [-0.3, -0.25) is 4.98 Å². The minimum Gasteiger partial charge on any atom is -0.388 e. The molecule has 2 aromatic rings. The molecule has 2 rings (SSSR count). The maximum atomic E-state index is 5.51. The molecule has 0 saturated carbocycles. The first-order chi connectivity index (χ1) is 8.18. The third-order valence-electron chi connectivity index (χ3n) is 2.53. The average molecular weight is 243 g/mol. The highest BCUT2D eigenvalue weighted by molar-refractivity contribution is 7.80. The Kier molecular flexibility index (Phi) is 3.35. The van der Waals surface area contributed by atoms with Gasteiger partial charge in [0.15, 0.2) is 0 Å². The average Bonchev–Trinajstić information content (AvgIpc) is 2.39. The SMILES string of the molecule is CN(c1ccccc1)c1ccc(C(N)=S)nc1. The van der Waals surface area contributed by atoms with Gasteiger partial charge in [-0.15, -0.1) is 0 Å². The van der Waals surface area contributed by atoms with E-state index in [4.69, 9.17) is 18.0 Å². The monoisotopic (exact) mass is 243 g/mol. The van der Waals surface area contributed by atoms with Gasteiger partial charge in [-0.2, -0.15) is 0 Å². The normalized spacial score (nSPS) is 9.94. The van der Waals surface area contributed by atoms with Crippen molar-refractivity contribution in [3.05, 3.63) is 54.4 Å². The van der Waals surface area contributed by atoms with Crippen LogP contribution in [0.3, 0.4) is 0 Å². The molecular formula is C13H13N3S. The number of aromatic nitrogens is 1. The maximum Gasteiger partial charge on any atom is 0.122 e. The van der Waals surface area contributed by atoms with Crippen molar-refractivity contribution in [1.82, 2.24) is 4.98 Å². The second-order valence-corrected chi connectivity index (χ2v) is 4.10. The zero-order valence-corrected chi connectivity index (χ0v) is 10.3. The van der Waals surface area contributed by atoms with Crippen LogP contribution in [-0.2, 0) is 0 Å². The van der Waals surface area contributed by atoms with Gasteiger partial charge in [0.05, 0.1) is 17.6 Å². The fourth-order valence-electron chi connectivity index (χ4n) is 1.53. The lowest BCUT2D eigenvalue weighted by Crippen LogP contribution is -2.13. The van der Waals surface area contributed by atoms with Gasteiger partial charge in [0, 0.05) is 12.7 Å². The minimum atomic E-state index is 0.318. The molecule has 0 bridgehead atoms. The van der Waals surface area contributed by atoms with E-state index in [-0.39, 0.29) is 0 Å². The molecule has 0 atom stereocenters. The van der Waals surface area contributed by atoms with Crippen molar-refractivity contribution < 1.29 is 0 Å². The Hall–Kier alpha value is -1.94. The van der Waals surface area contributed by atoms with Crippen LogP contribution < -0.4 is 10.6 Å². The van der Waals surface area contributed by atoms with Gasteiger partial charge in [0.2, 0.25) is 0 Å². The summed E-state index contributed by atoms with van der Waals surface area (Å²) >= 11 is 4.87. The van der Waals surface area contributed by atoms with Crippen molar-refractivity contribution in [3.63, 3.8) is 0 Å². The van der Waals surface area contributed by atoms with Crippen LogP contribution in [0.2, 0.25) is 0 Å². The lowest BCUT2D eigenvalue weighted by molar-refractivity contribution is 1.17. The number of benzene rings is 1. The van der Waals surface area contributed by atoms with E-state index in [1.165, 1.54) is 0 Å². The Bertz CT molecular complexity index is 508. The number of pyridine rings is 1. The fourth-order valence-corrected chi connectivity index (χ4v) is 1.65. The summed E-state index contributed by atoms with van der Waals surface area (Å²) in [5.74, 6) is 0. The van der Waals surface area contributed by atoms with E-state index in [2.05, 4.69) is 9.88 Å². The number of rotatable bonds is 3. The standard InChI is InChI=1S/C13H13N3S/c1-16(10-5-3-2-4-6-10)11-7-8-12(13(14)17)15-9-11/h2-9H,1H3,(H2,14,17). The van der Waals surface area contributed by atoms with Crippen molar-refractivity contribution >= 4 is 28.6 Å². The van der Waals surface area contributed by atoms with E-state index in [0.717, 1.165) is 11.4 Å². The van der Waals surface area contributed by atoms with Gasteiger partial charge in [-0.1, -0.05) is 30.4 Å². The number of thiocarbonyl (C=S) groups is 1. The van der Waals surface area contributed by atoms with Crippen molar-refractivity contribution in [2.24, 2.45) is 5.73 Å². The minimum absolute atomic E-state index is 0.318. The molecule has 0 aliphatic heterocycles. The molecule has 0 fully saturated rings. The van der Waals surface area contributed by atoms with Crippen molar-refractivity contribution in [2.75, 3.05) is 11.9 Å². The van der Waals surface area contributed by atoms with Crippen LogP contribution >= 0.6 is 12.2 Å². The molecule has 0 unspecified atom stereocenters. The molecular weight excluding hydrogens is 230 g/mol. The molecule has 86 valence electrons. The molecule has 0 aliphatic carbocycles. The zero-order chi connectivity index (χ0) is 12.3. The van der Waals surface area contributed by atoms with Crippen LogP contribution in [-0.4, -0.2) is 17.0 Å². The Morgan fingerprint density at radius 1 is 1.12 bits per heavy atom. The predicted octanol–water partition coefficient (Wildman–Crippen LogP) is 2.48. The molecule has 0 amide bonds. The first-order valence-corrected chi connectivity index (χ1v) is 5.64. The number of hydrogen-bond acceptors (Lipinski definition) is 3. The highest BCUT2D eigenvalue weighted by atomic mass is 32.1. The van der Waals surface area contributed by atoms with Gasteiger partial charge in [-0.25, -0.2) is 0 Å². The van der Waals surface area contributed by atoms with Gasteiger partial charge in [0.1, 0.15) is 4.99 Å². The van der Waals surface area contributed by atoms with Gasteiger partial charge < -0.3 is 10.6 Å². The topological polar surface area (TPSA) is 42.1 Å². The number of nitrogens with two attached hydrogens (primary N) is 1. The van der Waals surface area contributed by atoms with Crippen molar-refractivity contribution in [2.45, 2.75) is 0 Å². The summed E-state index contributed by atoms with van der Waals surface area (Å²) in [6.07, 6.45) is 1.77. The van der Waals surface area contributed by atoms with Gasteiger partial charge in [-0.05, 0) is 24.3 Å². The summed E-state index contributed by atoms with van der Waals surface area (Å²) in [4.78, 5) is 6.59. The Labute approximate surface area is 106 Å². The first kappa shape index (κ1) is 11.5. The molecule has 3 nitrogen and oxygen atoms in total. The summed E-state index contributed by atoms with van der Waals surface area (Å²) in [6, 6.07) is 13.9. The van der Waals surface area contributed by atoms with E-state index in [1.54, 1.807) is 6.20 Å². The van der Waals surface area contributed by atoms with Crippen LogP contribution in [0.1, 0.15) is 5.69 Å². The molecule has 1 aromatic heterocycles. The Morgan fingerprint density at radius 2 is 1.82 bits per heavy atom. The second-order valence-electron chi connectivity index (χ2n) is 3.66. The van der Waals surface area contributed by atoms with E-state index in [9.17, 15) is 0 Å². The largest absolute Gasteiger partial charge is 0.388 e. The maximum absolute atomic E-state index is 5.51. The number of para-hydroxylation sites is 1. The predicted molar refractivity (Wildman–Crippen MR) is 74.6 cm³/mol. The summed E-state index contributed by atoms with van der Waals surface area (Å²) < 4.78 is 0. The third-order valence-corrected chi connectivity index (χ3v) is 2.74. The lowest BCUT2D eigenvalue weighted by atomic mass is 10.2. The van der Waals surface area contributed by atoms with E-state index < -0.39 is 0 Å². The highest BCUT2D eigenvalue weighted by Gasteiger charge is 2.04. The molecule has 1 heterocycles. The summed E-state index contributed by atoms with van der Waals surface area (Å²) in [6.45, 7) is 0. The summed E-state index contributed by atoms with van der Waals surface area (Å²) in [5.41, 5.74) is 8.26. The van der Waals surface area contributed by atoms with Crippen LogP contribution in [0.4, 0.5) is 11.4 Å². The third kappa shape index (κ3) is 2.60. The van der Waals surface area contributed by atoms with E-state index >= 15 is 0 Å². The Morgan fingerprint density at radius 3 is 2.35 bits per heavy atom. The van der Waals surface area contributed by atoms with E-state index in [1.807, 2.05) is 49.5 Å². The molecule has 0 aliphatic rings. The van der Waals surface area contributed by atoms with Gasteiger partial charge >= 0.3 is 0 Å². The number of hydrogen-bond donors (Lipinski definition) is 1. The first-order valence-electron chi connectivity index (χ1n) is 5.23.